The Balaban J connectivity index is 1.07. The zero-order valence-electron chi connectivity index (χ0n) is 18.2. The molecule has 3 heterocycles. The standard InChI is InChI=1S/C23H33N7O/c31-23(30-18-14-28(15-19-30)20-21-6-2-1-3-7-21)26-10-5-11-27-12-16-29(17-13-27)22-24-8-4-9-25-22/h1-4,6-9H,5,10-20H2,(H,26,31). The highest BCUT2D eigenvalue weighted by atomic mass is 16.2. The van der Waals surface area contributed by atoms with Gasteiger partial charge in [0.05, 0.1) is 0 Å². The van der Waals surface area contributed by atoms with Crippen molar-refractivity contribution in [3.63, 3.8) is 0 Å². The number of aromatic nitrogens is 2. The fraction of sp³-hybridized carbons (Fsp3) is 0.522. The van der Waals surface area contributed by atoms with Crippen molar-refractivity contribution in [1.82, 2.24) is 30.0 Å². The molecule has 8 nitrogen and oxygen atoms in total. The van der Waals surface area contributed by atoms with Crippen molar-refractivity contribution in [2.45, 2.75) is 13.0 Å². The van der Waals surface area contributed by atoms with E-state index in [4.69, 9.17) is 0 Å². The number of nitrogens with zero attached hydrogens (tertiary/aromatic N) is 6. The molecule has 1 aromatic carbocycles. The zero-order valence-corrected chi connectivity index (χ0v) is 18.2. The van der Waals surface area contributed by atoms with Gasteiger partial charge < -0.3 is 15.1 Å². The molecule has 2 saturated heterocycles. The summed E-state index contributed by atoms with van der Waals surface area (Å²) in [5, 5.41) is 3.10. The molecule has 8 heteroatoms. The van der Waals surface area contributed by atoms with Crippen LogP contribution in [-0.4, -0.2) is 96.1 Å². The number of anilines is 1. The van der Waals surface area contributed by atoms with Crippen LogP contribution in [0.5, 0.6) is 0 Å². The van der Waals surface area contributed by atoms with Crippen LogP contribution in [0.25, 0.3) is 0 Å². The van der Waals surface area contributed by atoms with E-state index in [0.29, 0.717) is 0 Å². The molecule has 2 aliphatic rings. The minimum absolute atomic E-state index is 0.0745. The molecular formula is C23H33N7O. The Morgan fingerprint density at radius 2 is 1.52 bits per heavy atom. The zero-order chi connectivity index (χ0) is 21.3. The van der Waals surface area contributed by atoms with Crippen molar-refractivity contribution < 1.29 is 4.79 Å². The molecule has 0 bridgehead atoms. The second kappa shape index (κ2) is 11.1. The summed E-state index contributed by atoms with van der Waals surface area (Å²) in [5.41, 5.74) is 1.33. The van der Waals surface area contributed by atoms with E-state index in [1.807, 2.05) is 17.0 Å². The molecule has 0 atom stereocenters. The number of hydrogen-bond acceptors (Lipinski definition) is 6. The molecule has 0 spiro atoms. The van der Waals surface area contributed by atoms with Crippen molar-refractivity contribution in [3.05, 3.63) is 54.4 Å². The minimum atomic E-state index is 0.0745. The van der Waals surface area contributed by atoms with Gasteiger partial charge in [0, 0.05) is 77.8 Å². The molecule has 0 saturated carbocycles. The van der Waals surface area contributed by atoms with Crippen LogP contribution < -0.4 is 10.2 Å². The van der Waals surface area contributed by atoms with E-state index >= 15 is 0 Å². The minimum Gasteiger partial charge on any atom is -0.338 e. The molecule has 0 unspecified atom stereocenters. The predicted octanol–water partition coefficient (Wildman–Crippen LogP) is 1.52. The summed E-state index contributed by atoms with van der Waals surface area (Å²) < 4.78 is 0. The Morgan fingerprint density at radius 3 is 2.23 bits per heavy atom. The lowest BCUT2D eigenvalue weighted by molar-refractivity contribution is 0.135. The maximum Gasteiger partial charge on any atom is 0.317 e. The molecular weight excluding hydrogens is 390 g/mol. The molecule has 2 aliphatic heterocycles. The van der Waals surface area contributed by atoms with Crippen LogP contribution in [-0.2, 0) is 6.54 Å². The molecule has 2 fully saturated rings. The Labute approximate surface area is 184 Å². The third-order valence-corrected chi connectivity index (χ3v) is 6.04. The lowest BCUT2D eigenvalue weighted by atomic mass is 10.2. The van der Waals surface area contributed by atoms with Gasteiger partial charge in [0.1, 0.15) is 0 Å². The first kappa shape index (κ1) is 21.5. The molecule has 2 aromatic rings. The number of carbonyl (C=O) groups excluding carboxylic acids is 1. The number of carbonyl (C=O) groups is 1. The third kappa shape index (κ3) is 6.38. The summed E-state index contributed by atoms with van der Waals surface area (Å²) in [6.07, 6.45) is 4.56. The summed E-state index contributed by atoms with van der Waals surface area (Å²) in [4.78, 5) is 30.2. The maximum atomic E-state index is 12.5. The van der Waals surface area contributed by atoms with Crippen molar-refractivity contribution in [3.8, 4) is 0 Å². The number of benzene rings is 1. The van der Waals surface area contributed by atoms with Gasteiger partial charge in [-0.05, 0) is 24.6 Å². The second-order valence-electron chi connectivity index (χ2n) is 8.21. The highest BCUT2D eigenvalue weighted by Gasteiger charge is 2.21. The van der Waals surface area contributed by atoms with E-state index in [-0.39, 0.29) is 6.03 Å². The van der Waals surface area contributed by atoms with Crippen molar-refractivity contribution in [2.75, 3.05) is 70.3 Å². The predicted molar refractivity (Wildman–Crippen MR) is 122 cm³/mol. The van der Waals surface area contributed by atoms with Crippen molar-refractivity contribution >= 4 is 12.0 Å². The van der Waals surface area contributed by atoms with Gasteiger partial charge >= 0.3 is 6.03 Å². The average Bonchev–Trinajstić information content (AvgIpc) is 2.84. The van der Waals surface area contributed by atoms with Crippen LogP contribution in [0.4, 0.5) is 10.7 Å². The number of hydrogen-bond donors (Lipinski definition) is 1. The highest BCUT2D eigenvalue weighted by Crippen LogP contribution is 2.10. The number of urea groups is 1. The maximum absolute atomic E-state index is 12.5. The van der Waals surface area contributed by atoms with Crippen LogP contribution in [0, 0.1) is 0 Å². The number of amides is 2. The molecule has 31 heavy (non-hydrogen) atoms. The van der Waals surface area contributed by atoms with Crippen LogP contribution >= 0.6 is 0 Å². The Bertz CT molecular complexity index is 788. The van der Waals surface area contributed by atoms with Crippen molar-refractivity contribution in [1.29, 1.82) is 0 Å². The molecule has 2 amide bonds. The first-order chi connectivity index (χ1) is 15.3. The van der Waals surface area contributed by atoms with Gasteiger partial charge in [-0.25, -0.2) is 14.8 Å². The monoisotopic (exact) mass is 423 g/mol. The molecule has 0 aliphatic carbocycles. The lowest BCUT2D eigenvalue weighted by Crippen LogP contribution is -2.51. The van der Waals surface area contributed by atoms with E-state index in [1.165, 1.54) is 5.56 Å². The molecule has 1 N–H and O–H groups in total. The summed E-state index contributed by atoms with van der Waals surface area (Å²) >= 11 is 0. The van der Waals surface area contributed by atoms with Gasteiger partial charge in [0.15, 0.2) is 0 Å². The smallest absolute Gasteiger partial charge is 0.317 e. The topological polar surface area (TPSA) is 67.8 Å². The lowest BCUT2D eigenvalue weighted by Gasteiger charge is -2.35. The van der Waals surface area contributed by atoms with E-state index in [2.05, 4.69) is 54.2 Å². The Kier molecular flexibility index (Phi) is 7.68. The molecule has 4 rings (SSSR count). The molecule has 166 valence electrons. The van der Waals surface area contributed by atoms with Gasteiger partial charge in [-0.1, -0.05) is 30.3 Å². The fourth-order valence-electron chi connectivity index (χ4n) is 4.19. The summed E-state index contributed by atoms with van der Waals surface area (Å²) in [6.45, 7) is 10.1. The van der Waals surface area contributed by atoms with Gasteiger partial charge in [-0.2, -0.15) is 0 Å². The number of nitrogens with one attached hydrogen (secondary N) is 1. The first-order valence-electron chi connectivity index (χ1n) is 11.3. The third-order valence-electron chi connectivity index (χ3n) is 6.04. The number of piperazine rings is 2. The SMILES string of the molecule is O=C(NCCCN1CCN(c2ncccn2)CC1)N1CCN(Cc2ccccc2)CC1. The molecule has 0 radical (unpaired) electrons. The number of rotatable bonds is 7. The summed E-state index contributed by atoms with van der Waals surface area (Å²) in [7, 11) is 0. The normalized spacial score (nSPS) is 18.2. The van der Waals surface area contributed by atoms with Gasteiger partial charge in [0.2, 0.25) is 5.95 Å². The largest absolute Gasteiger partial charge is 0.338 e. The Morgan fingerprint density at radius 1 is 0.839 bits per heavy atom. The van der Waals surface area contributed by atoms with E-state index in [9.17, 15) is 4.79 Å². The van der Waals surface area contributed by atoms with Gasteiger partial charge in [-0.3, -0.25) is 9.80 Å². The average molecular weight is 424 g/mol. The highest BCUT2D eigenvalue weighted by molar-refractivity contribution is 5.74. The first-order valence-corrected chi connectivity index (χ1v) is 11.3. The van der Waals surface area contributed by atoms with Crippen LogP contribution in [0.1, 0.15) is 12.0 Å². The van der Waals surface area contributed by atoms with Crippen LogP contribution in [0.2, 0.25) is 0 Å². The second-order valence-corrected chi connectivity index (χ2v) is 8.21. The van der Waals surface area contributed by atoms with Crippen LogP contribution in [0.15, 0.2) is 48.8 Å². The Hall–Kier alpha value is -2.71. The van der Waals surface area contributed by atoms with E-state index in [0.717, 1.165) is 84.4 Å². The van der Waals surface area contributed by atoms with Crippen LogP contribution in [0.3, 0.4) is 0 Å². The summed E-state index contributed by atoms with van der Waals surface area (Å²) in [6, 6.07) is 12.4. The van der Waals surface area contributed by atoms with Crippen molar-refractivity contribution in [2.24, 2.45) is 0 Å². The quantitative estimate of drug-likeness (QED) is 0.681. The summed E-state index contributed by atoms with van der Waals surface area (Å²) in [5.74, 6) is 0.818. The fourth-order valence-corrected chi connectivity index (χ4v) is 4.19. The van der Waals surface area contributed by atoms with E-state index in [1.54, 1.807) is 12.4 Å². The van der Waals surface area contributed by atoms with Gasteiger partial charge in [0.25, 0.3) is 0 Å². The molecule has 1 aromatic heterocycles. The van der Waals surface area contributed by atoms with E-state index < -0.39 is 0 Å². The van der Waals surface area contributed by atoms with Gasteiger partial charge in [-0.15, -0.1) is 0 Å².